The first-order chi connectivity index (χ1) is 7.15. The van der Waals surface area contributed by atoms with Gasteiger partial charge in [-0.25, -0.2) is 4.79 Å². The Balaban J connectivity index is 2.56. The first kappa shape index (κ1) is 11.6. The van der Waals surface area contributed by atoms with Gasteiger partial charge in [0.25, 0.3) is 0 Å². The van der Waals surface area contributed by atoms with Crippen molar-refractivity contribution in [3.05, 3.63) is 30.1 Å². The van der Waals surface area contributed by atoms with Gasteiger partial charge in [0.1, 0.15) is 0 Å². The quantitative estimate of drug-likeness (QED) is 0.585. The minimum Gasteiger partial charge on any atom is -0.467 e. The van der Waals surface area contributed by atoms with E-state index < -0.39 is 18.4 Å². The lowest BCUT2D eigenvalue weighted by Crippen LogP contribution is -2.24. The average molecular weight is 211 g/mol. The highest BCUT2D eigenvalue weighted by molar-refractivity contribution is 5.73. The molecule has 0 aliphatic rings. The number of methoxy groups -OCH3 is 1. The Labute approximate surface area is 87.7 Å². The second-order valence-corrected chi connectivity index (χ2v) is 2.94. The van der Waals surface area contributed by atoms with E-state index in [0.29, 0.717) is 5.56 Å². The molecule has 0 saturated carbocycles. The second kappa shape index (κ2) is 5.43. The molecule has 0 aliphatic heterocycles. The molecule has 2 unspecified atom stereocenters. The minimum atomic E-state index is -1.17. The summed E-state index contributed by atoms with van der Waals surface area (Å²) >= 11 is 0. The number of hydrogen-bond acceptors (Lipinski definition) is 5. The van der Waals surface area contributed by atoms with Crippen molar-refractivity contribution >= 4 is 5.97 Å². The number of esters is 1. The predicted octanol–water partition coefficient (Wildman–Crippen LogP) is 0.651. The number of rotatable bonds is 4. The van der Waals surface area contributed by atoms with Crippen molar-refractivity contribution in [1.82, 2.24) is 4.98 Å². The number of pyridine rings is 1. The van der Waals surface area contributed by atoms with Gasteiger partial charge < -0.3 is 14.6 Å². The molecule has 1 N–H and O–H groups in total. The van der Waals surface area contributed by atoms with Crippen LogP contribution in [0.2, 0.25) is 0 Å². The lowest BCUT2D eigenvalue weighted by atomic mass is 10.3. The molecule has 0 fully saturated rings. The van der Waals surface area contributed by atoms with Crippen LogP contribution < -0.4 is 0 Å². The third kappa shape index (κ3) is 3.30. The first-order valence-electron chi connectivity index (χ1n) is 4.46. The molecule has 1 aromatic rings. The van der Waals surface area contributed by atoms with E-state index in [2.05, 4.69) is 9.72 Å². The van der Waals surface area contributed by atoms with Gasteiger partial charge in [-0.1, -0.05) is 6.07 Å². The summed E-state index contributed by atoms with van der Waals surface area (Å²) in [5, 5.41) is 9.57. The van der Waals surface area contributed by atoms with Gasteiger partial charge in [0, 0.05) is 18.0 Å². The Hall–Kier alpha value is -1.46. The van der Waals surface area contributed by atoms with E-state index in [1.807, 2.05) is 0 Å². The molecule has 0 spiro atoms. The molecule has 82 valence electrons. The number of aromatic nitrogens is 1. The van der Waals surface area contributed by atoms with Crippen molar-refractivity contribution in [3.63, 3.8) is 0 Å². The maximum Gasteiger partial charge on any atom is 0.334 e. The highest BCUT2D eigenvalue weighted by atomic mass is 16.6. The zero-order chi connectivity index (χ0) is 11.3. The summed E-state index contributed by atoms with van der Waals surface area (Å²) in [6, 6.07) is 3.33. The first-order valence-corrected chi connectivity index (χ1v) is 4.46. The van der Waals surface area contributed by atoms with Crippen LogP contribution in [0.5, 0.6) is 0 Å². The minimum absolute atomic E-state index is 0.494. The van der Waals surface area contributed by atoms with Crippen LogP contribution in [0, 0.1) is 0 Å². The summed E-state index contributed by atoms with van der Waals surface area (Å²) in [5.41, 5.74) is 0.494. The van der Waals surface area contributed by atoms with Gasteiger partial charge >= 0.3 is 5.97 Å². The molecule has 0 saturated heterocycles. The molecule has 5 nitrogen and oxygen atoms in total. The van der Waals surface area contributed by atoms with Crippen molar-refractivity contribution in [2.45, 2.75) is 19.3 Å². The third-order valence-electron chi connectivity index (χ3n) is 1.84. The molecular formula is C10H13NO4. The van der Waals surface area contributed by atoms with Crippen LogP contribution in [0.3, 0.4) is 0 Å². The maximum atomic E-state index is 11.0. The summed E-state index contributed by atoms with van der Waals surface area (Å²) < 4.78 is 9.49. The van der Waals surface area contributed by atoms with E-state index in [1.54, 1.807) is 18.3 Å². The number of hydrogen-bond donors (Lipinski definition) is 1. The van der Waals surface area contributed by atoms with Gasteiger partial charge in [-0.15, -0.1) is 0 Å². The Morgan fingerprint density at radius 1 is 1.60 bits per heavy atom. The van der Waals surface area contributed by atoms with Gasteiger partial charge in [0.05, 0.1) is 7.11 Å². The van der Waals surface area contributed by atoms with Gasteiger partial charge in [0.15, 0.2) is 12.4 Å². The van der Waals surface area contributed by atoms with Crippen LogP contribution in [0.15, 0.2) is 24.5 Å². The van der Waals surface area contributed by atoms with Crippen LogP contribution in [0.1, 0.15) is 18.8 Å². The predicted molar refractivity (Wildman–Crippen MR) is 51.8 cm³/mol. The van der Waals surface area contributed by atoms with Crippen LogP contribution in [-0.4, -0.2) is 29.3 Å². The fourth-order valence-corrected chi connectivity index (χ4v) is 1.02. The molecule has 0 radical (unpaired) electrons. The number of aliphatic hydroxyl groups is 1. The summed E-state index contributed by atoms with van der Waals surface area (Å²) in [6.07, 6.45) is 1.06. The summed E-state index contributed by atoms with van der Waals surface area (Å²) in [7, 11) is 1.26. The van der Waals surface area contributed by atoms with Crippen molar-refractivity contribution in [2.75, 3.05) is 7.11 Å². The molecule has 1 heterocycles. The van der Waals surface area contributed by atoms with E-state index in [1.165, 1.54) is 20.2 Å². The second-order valence-electron chi connectivity index (χ2n) is 2.94. The van der Waals surface area contributed by atoms with Gasteiger partial charge in [0.2, 0.25) is 0 Å². The van der Waals surface area contributed by atoms with Crippen LogP contribution in [0.25, 0.3) is 0 Å². The SMILES string of the molecule is COC(=O)C(C)OC(O)c1cccnc1. The largest absolute Gasteiger partial charge is 0.467 e. The third-order valence-corrected chi connectivity index (χ3v) is 1.84. The van der Waals surface area contributed by atoms with E-state index in [4.69, 9.17) is 4.74 Å². The average Bonchev–Trinajstić information content (AvgIpc) is 2.29. The van der Waals surface area contributed by atoms with E-state index >= 15 is 0 Å². The molecule has 1 aromatic heterocycles. The number of ether oxygens (including phenoxy) is 2. The Morgan fingerprint density at radius 2 is 2.33 bits per heavy atom. The standard InChI is InChI=1S/C10H13NO4/c1-7(9(12)14-2)15-10(13)8-4-3-5-11-6-8/h3-7,10,13H,1-2H3. The van der Waals surface area contributed by atoms with Crippen LogP contribution in [0.4, 0.5) is 0 Å². The Morgan fingerprint density at radius 3 is 2.87 bits per heavy atom. The van der Waals surface area contributed by atoms with Crippen molar-refractivity contribution in [1.29, 1.82) is 0 Å². The monoisotopic (exact) mass is 211 g/mol. The van der Waals surface area contributed by atoms with E-state index in [9.17, 15) is 9.90 Å². The number of nitrogens with zero attached hydrogens (tertiary/aromatic N) is 1. The summed E-state index contributed by atoms with van der Waals surface area (Å²) in [6.45, 7) is 1.51. The number of carbonyl (C=O) groups excluding carboxylic acids is 1. The number of carbonyl (C=O) groups is 1. The zero-order valence-corrected chi connectivity index (χ0v) is 8.58. The fraction of sp³-hybridized carbons (Fsp3) is 0.400. The fourth-order valence-electron chi connectivity index (χ4n) is 1.02. The Kier molecular flexibility index (Phi) is 4.20. The van der Waals surface area contributed by atoms with Crippen LogP contribution in [-0.2, 0) is 14.3 Å². The summed E-state index contributed by atoms with van der Waals surface area (Å²) in [5.74, 6) is -0.530. The number of aliphatic hydroxyl groups excluding tert-OH is 1. The molecule has 0 aromatic carbocycles. The molecule has 0 aliphatic carbocycles. The lowest BCUT2D eigenvalue weighted by Gasteiger charge is -2.16. The van der Waals surface area contributed by atoms with Gasteiger partial charge in [-0.3, -0.25) is 4.98 Å². The smallest absolute Gasteiger partial charge is 0.334 e. The molecule has 2 atom stereocenters. The zero-order valence-electron chi connectivity index (χ0n) is 8.58. The van der Waals surface area contributed by atoms with Crippen molar-refractivity contribution in [2.24, 2.45) is 0 Å². The van der Waals surface area contributed by atoms with E-state index in [-0.39, 0.29) is 0 Å². The van der Waals surface area contributed by atoms with Gasteiger partial charge in [-0.2, -0.15) is 0 Å². The topological polar surface area (TPSA) is 68.7 Å². The van der Waals surface area contributed by atoms with E-state index in [0.717, 1.165) is 0 Å². The maximum absolute atomic E-state index is 11.0. The van der Waals surface area contributed by atoms with Gasteiger partial charge in [-0.05, 0) is 13.0 Å². The van der Waals surface area contributed by atoms with Crippen molar-refractivity contribution in [3.8, 4) is 0 Å². The normalized spacial score (nSPS) is 14.3. The highest BCUT2D eigenvalue weighted by Crippen LogP contribution is 2.14. The Bertz CT molecular complexity index is 314. The molecule has 0 amide bonds. The summed E-state index contributed by atoms with van der Waals surface area (Å²) in [4.78, 5) is 14.8. The van der Waals surface area contributed by atoms with Crippen molar-refractivity contribution < 1.29 is 19.4 Å². The van der Waals surface area contributed by atoms with Crippen LogP contribution >= 0.6 is 0 Å². The molecule has 5 heteroatoms. The molecule has 1 rings (SSSR count). The lowest BCUT2D eigenvalue weighted by molar-refractivity contribution is -0.176. The highest BCUT2D eigenvalue weighted by Gasteiger charge is 2.19. The molecular weight excluding hydrogens is 198 g/mol. The molecule has 15 heavy (non-hydrogen) atoms. The molecule has 0 bridgehead atoms.